The number of hydrogen-bond acceptors (Lipinski definition) is 2. The summed E-state index contributed by atoms with van der Waals surface area (Å²) >= 11 is 0. The topological polar surface area (TPSA) is 22.1 Å². The Morgan fingerprint density at radius 3 is 2.50 bits per heavy atom. The third kappa shape index (κ3) is 4.85. The molecule has 1 aromatic rings. The van der Waals surface area contributed by atoms with Crippen molar-refractivity contribution in [1.82, 2.24) is 4.98 Å². The van der Waals surface area contributed by atoms with Crippen molar-refractivity contribution in [2.75, 3.05) is 6.61 Å². The molecule has 1 aromatic heterocycles. The summed E-state index contributed by atoms with van der Waals surface area (Å²) in [5.74, 6) is 0.698. The molecule has 2 rings (SSSR count). The number of ether oxygens (including phenoxy) is 1. The summed E-state index contributed by atoms with van der Waals surface area (Å²) in [4.78, 5) is 3.57. The molecular formula is C11H14BF3KNO. The standard InChI is InChI=1S/C11H14BF3NO.K/c13-12(14,15)10-5-11(7-16-6-10)17-8-9-3-1-2-4-9;/h5-7,9H,1-4,8H2;/q-1;+1. The largest absolute Gasteiger partial charge is 1.00 e. The summed E-state index contributed by atoms with van der Waals surface area (Å²) in [6, 6.07) is 1.03. The minimum atomic E-state index is -4.99. The van der Waals surface area contributed by atoms with Crippen LogP contribution in [0.4, 0.5) is 12.9 Å². The molecule has 0 aliphatic heterocycles. The van der Waals surface area contributed by atoms with Crippen molar-refractivity contribution >= 4 is 12.4 Å². The molecule has 2 nitrogen and oxygen atoms in total. The van der Waals surface area contributed by atoms with Crippen molar-refractivity contribution in [1.29, 1.82) is 0 Å². The van der Waals surface area contributed by atoms with Gasteiger partial charge in [-0.25, -0.2) is 0 Å². The predicted molar refractivity (Wildman–Crippen MR) is 60.4 cm³/mol. The second kappa shape index (κ2) is 7.28. The zero-order chi connectivity index (χ0) is 12.3. The van der Waals surface area contributed by atoms with E-state index >= 15 is 0 Å². The average molecular weight is 283 g/mol. The fourth-order valence-electron chi connectivity index (χ4n) is 2.08. The molecule has 0 saturated heterocycles. The fraction of sp³-hybridized carbons (Fsp3) is 0.545. The van der Waals surface area contributed by atoms with Gasteiger partial charge in [0.15, 0.2) is 0 Å². The summed E-state index contributed by atoms with van der Waals surface area (Å²) in [5.41, 5.74) is -0.700. The summed E-state index contributed by atoms with van der Waals surface area (Å²) in [5, 5.41) is 0. The molecular weight excluding hydrogens is 269 g/mol. The summed E-state index contributed by atoms with van der Waals surface area (Å²) in [6.45, 7) is -4.50. The molecule has 7 heteroatoms. The fourth-order valence-corrected chi connectivity index (χ4v) is 2.08. The molecule has 1 heterocycles. The van der Waals surface area contributed by atoms with Crippen LogP contribution in [0.1, 0.15) is 25.7 Å². The average Bonchev–Trinajstić information content (AvgIpc) is 2.78. The van der Waals surface area contributed by atoms with E-state index in [1.54, 1.807) is 0 Å². The molecule has 0 bridgehead atoms. The van der Waals surface area contributed by atoms with E-state index in [0.717, 1.165) is 25.1 Å². The first-order valence-electron chi connectivity index (χ1n) is 5.83. The van der Waals surface area contributed by atoms with Crippen LogP contribution in [0.5, 0.6) is 5.75 Å². The minimum Gasteiger partial charge on any atom is -0.492 e. The first-order valence-corrected chi connectivity index (χ1v) is 5.83. The molecule has 0 amide bonds. The van der Waals surface area contributed by atoms with Crippen molar-refractivity contribution in [3.63, 3.8) is 0 Å². The number of pyridine rings is 1. The molecule has 0 radical (unpaired) electrons. The molecule has 1 fully saturated rings. The van der Waals surface area contributed by atoms with Crippen LogP contribution >= 0.6 is 0 Å². The molecule has 0 N–H and O–H groups in total. The van der Waals surface area contributed by atoms with E-state index in [1.807, 2.05) is 0 Å². The Kier molecular flexibility index (Phi) is 6.68. The maximum atomic E-state index is 12.5. The van der Waals surface area contributed by atoms with E-state index < -0.39 is 12.4 Å². The van der Waals surface area contributed by atoms with Crippen LogP contribution in [0.3, 0.4) is 0 Å². The van der Waals surface area contributed by atoms with E-state index in [1.165, 1.54) is 19.0 Å². The van der Waals surface area contributed by atoms with Gasteiger partial charge in [0.1, 0.15) is 5.75 Å². The number of rotatable bonds is 4. The molecule has 0 aromatic carbocycles. The molecule has 0 unspecified atom stereocenters. The van der Waals surface area contributed by atoms with Crippen molar-refractivity contribution in [3.05, 3.63) is 18.5 Å². The quantitative estimate of drug-likeness (QED) is 0.708. The Labute approximate surface area is 147 Å². The smallest absolute Gasteiger partial charge is 0.492 e. The second-order valence-electron chi connectivity index (χ2n) is 4.49. The van der Waals surface area contributed by atoms with Crippen LogP contribution in [0.15, 0.2) is 18.5 Å². The van der Waals surface area contributed by atoms with Crippen molar-refractivity contribution < 1.29 is 69.1 Å². The maximum absolute atomic E-state index is 12.5. The summed E-state index contributed by atoms with van der Waals surface area (Å²) in [7, 11) is 0. The first kappa shape index (κ1) is 16.5. The van der Waals surface area contributed by atoms with Gasteiger partial charge in [0.25, 0.3) is 0 Å². The van der Waals surface area contributed by atoms with Crippen molar-refractivity contribution in [2.45, 2.75) is 25.7 Å². The van der Waals surface area contributed by atoms with Crippen LogP contribution < -0.4 is 61.6 Å². The summed E-state index contributed by atoms with van der Waals surface area (Å²) in [6.07, 6.45) is 6.77. The van der Waals surface area contributed by atoms with E-state index in [2.05, 4.69) is 4.98 Å². The van der Waals surface area contributed by atoms with Crippen LogP contribution in [0.2, 0.25) is 0 Å². The van der Waals surface area contributed by atoms with E-state index in [-0.39, 0.29) is 57.1 Å². The first-order chi connectivity index (χ1) is 8.05. The van der Waals surface area contributed by atoms with E-state index in [0.29, 0.717) is 12.5 Å². The number of halogens is 3. The third-order valence-electron chi connectivity index (χ3n) is 3.07. The van der Waals surface area contributed by atoms with Gasteiger partial charge in [-0.15, -0.1) is 0 Å². The van der Waals surface area contributed by atoms with Crippen molar-refractivity contribution in [2.24, 2.45) is 5.92 Å². The zero-order valence-electron chi connectivity index (χ0n) is 10.4. The number of nitrogens with zero attached hydrogens (tertiary/aromatic N) is 1. The molecule has 94 valence electrons. The van der Waals surface area contributed by atoms with Gasteiger partial charge in [-0.3, -0.25) is 4.98 Å². The predicted octanol–water partition coefficient (Wildman–Crippen LogP) is -0.291. The van der Waals surface area contributed by atoms with Crippen LogP contribution in [0, 0.1) is 5.92 Å². The maximum Gasteiger partial charge on any atom is 1.00 e. The SMILES string of the molecule is F[B-](F)(F)c1cncc(OCC2CCCC2)c1.[K+]. The molecule has 1 saturated carbocycles. The second-order valence-corrected chi connectivity index (χ2v) is 4.49. The van der Waals surface area contributed by atoms with Gasteiger partial charge in [0.05, 0.1) is 12.8 Å². The Balaban J connectivity index is 0.00000162. The van der Waals surface area contributed by atoms with Crippen molar-refractivity contribution in [3.8, 4) is 5.75 Å². The van der Waals surface area contributed by atoms with Crippen LogP contribution in [-0.2, 0) is 0 Å². The Morgan fingerprint density at radius 1 is 1.22 bits per heavy atom. The monoisotopic (exact) mass is 283 g/mol. The van der Waals surface area contributed by atoms with Gasteiger partial charge < -0.3 is 17.7 Å². The molecule has 18 heavy (non-hydrogen) atoms. The number of aromatic nitrogens is 1. The Hall–Kier alpha value is 0.441. The summed E-state index contributed by atoms with van der Waals surface area (Å²) < 4.78 is 42.8. The van der Waals surface area contributed by atoms with Gasteiger partial charge in [-0.1, -0.05) is 18.3 Å². The third-order valence-corrected chi connectivity index (χ3v) is 3.07. The van der Waals surface area contributed by atoms with Gasteiger partial charge >= 0.3 is 58.4 Å². The Bertz CT molecular complexity index is 383. The molecule has 0 atom stereocenters. The van der Waals surface area contributed by atoms with Gasteiger partial charge in [-0.05, 0) is 24.8 Å². The minimum absolute atomic E-state index is 0. The normalized spacial score (nSPS) is 16.4. The molecule has 0 spiro atoms. The zero-order valence-corrected chi connectivity index (χ0v) is 13.5. The molecule has 1 aliphatic rings. The number of hydrogen-bond donors (Lipinski definition) is 0. The van der Waals surface area contributed by atoms with Gasteiger partial charge in [0.2, 0.25) is 0 Å². The van der Waals surface area contributed by atoms with Crippen LogP contribution in [0.25, 0.3) is 0 Å². The van der Waals surface area contributed by atoms with Crippen LogP contribution in [-0.4, -0.2) is 18.6 Å². The molecule has 1 aliphatic carbocycles. The van der Waals surface area contributed by atoms with Gasteiger partial charge in [0, 0.05) is 6.20 Å². The van der Waals surface area contributed by atoms with E-state index in [4.69, 9.17) is 4.74 Å². The Morgan fingerprint density at radius 2 is 1.89 bits per heavy atom. The van der Waals surface area contributed by atoms with Gasteiger partial charge in [-0.2, -0.15) is 0 Å². The van der Waals surface area contributed by atoms with E-state index in [9.17, 15) is 12.9 Å².